The number of hydrogen-bond acceptors (Lipinski definition) is 4. The monoisotopic (exact) mass is 440 g/mol. The van der Waals surface area contributed by atoms with Crippen LogP contribution in [0.15, 0.2) is 48.0 Å². The summed E-state index contributed by atoms with van der Waals surface area (Å²) in [5.74, 6) is 0.174. The molecule has 2 aliphatic heterocycles. The van der Waals surface area contributed by atoms with Gasteiger partial charge in [0.1, 0.15) is 0 Å². The lowest BCUT2D eigenvalue weighted by Gasteiger charge is -2.19. The first-order valence-corrected chi connectivity index (χ1v) is 11.6. The van der Waals surface area contributed by atoms with E-state index in [2.05, 4.69) is 0 Å². The van der Waals surface area contributed by atoms with Gasteiger partial charge in [-0.2, -0.15) is 0 Å². The third-order valence-electron chi connectivity index (χ3n) is 7.60. The van der Waals surface area contributed by atoms with E-state index in [1.54, 1.807) is 16.7 Å². The summed E-state index contributed by atoms with van der Waals surface area (Å²) in [7, 11) is 0. The lowest BCUT2D eigenvalue weighted by atomic mass is 9.83. The lowest BCUT2D eigenvalue weighted by molar-refractivity contribution is -0.117. The molecule has 166 valence electrons. The summed E-state index contributed by atoms with van der Waals surface area (Å²) in [6, 6.07) is 11.1. The van der Waals surface area contributed by atoms with Gasteiger partial charge in [-0.15, -0.1) is 0 Å². The standard InChI is InChI=1S/C27H24N2O4/c1-15(27(33)29-14-17-9-11-23(31)19-5-3-7-21(29)26(17)19)12-24(32)28-13-16-8-10-22(30)18-4-2-6-20(28)25(16)18/h2-7,12,16-17H,8-11,13-14H2,1H3/b15-12+. The van der Waals surface area contributed by atoms with Crippen molar-refractivity contribution in [3.8, 4) is 0 Å². The van der Waals surface area contributed by atoms with Gasteiger partial charge >= 0.3 is 0 Å². The van der Waals surface area contributed by atoms with Crippen molar-refractivity contribution in [2.24, 2.45) is 0 Å². The highest BCUT2D eigenvalue weighted by Crippen LogP contribution is 2.46. The van der Waals surface area contributed by atoms with Crippen LogP contribution < -0.4 is 9.80 Å². The van der Waals surface area contributed by atoms with Gasteiger partial charge in [0.15, 0.2) is 11.6 Å². The molecule has 4 aliphatic rings. The Morgan fingerprint density at radius 1 is 0.818 bits per heavy atom. The number of hydrogen-bond donors (Lipinski definition) is 0. The summed E-state index contributed by atoms with van der Waals surface area (Å²) in [4.78, 5) is 54.7. The molecule has 2 atom stereocenters. The second kappa shape index (κ2) is 7.24. The van der Waals surface area contributed by atoms with Crippen LogP contribution in [0.25, 0.3) is 0 Å². The van der Waals surface area contributed by atoms with Crippen LogP contribution in [0.5, 0.6) is 0 Å². The fourth-order valence-electron chi connectivity index (χ4n) is 6.03. The quantitative estimate of drug-likeness (QED) is 0.658. The predicted molar refractivity (Wildman–Crippen MR) is 124 cm³/mol. The van der Waals surface area contributed by atoms with E-state index in [0.29, 0.717) is 31.5 Å². The van der Waals surface area contributed by atoms with Crippen LogP contribution in [0, 0.1) is 0 Å². The minimum absolute atomic E-state index is 0.136. The van der Waals surface area contributed by atoms with Crippen LogP contribution in [-0.2, 0) is 9.59 Å². The maximum atomic E-state index is 13.4. The van der Waals surface area contributed by atoms with Crippen molar-refractivity contribution in [2.45, 2.75) is 44.4 Å². The highest BCUT2D eigenvalue weighted by atomic mass is 16.2. The van der Waals surface area contributed by atoms with Gasteiger partial charge in [-0.25, -0.2) is 0 Å². The second-order valence-electron chi connectivity index (χ2n) is 9.49. The van der Waals surface area contributed by atoms with Gasteiger partial charge in [0.05, 0.1) is 0 Å². The van der Waals surface area contributed by atoms with E-state index in [-0.39, 0.29) is 35.2 Å². The zero-order valence-electron chi connectivity index (χ0n) is 18.5. The van der Waals surface area contributed by atoms with E-state index in [1.807, 2.05) is 36.4 Å². The van der Waals surface area contributed by atoms with Crippen molar-refractivity contribution in [1.82, 2.24) is 0 Å². The van der Waals surface area contributed by atoms with Crippen LogP contribution in [0.2, 0.25) is 0 Å². The summed E-state index contributed by atoms with van der Waals surface area (Å²) >= 11 is 0. The van der Waals surface area contributed by atoms with Crippen LogP contribution in [0.3, 0.4) is 0 Å². The smallest absolute Gasteiger partial charge is 0.254 e. The van der Waals surface area contributed by atoms with Gasteiger partial charge in [-0.3, -0.25) is 19.2 Å². The first-order chi connectivity index (χ1) is 15.9. The topological polar surface area (TPSA) is 74.8 Å². The van der Waals surface area contributed by atoms with Crippen molar-refractivity contribution < 1.29 is 19.2 Å². The molecule has 2 aromatic carbocycles. The number of amides is 2. The highest BCUT2D eigenvalue weighted by Gasteiger charge is 2.40. The van der Waals surface area contributed by atoms with Crippen LogP contribution in [0.4, 0.5) is 11.4 Å². The van der Waals surface area contributed by atoms with Gasteiger partial charge in [0.2, 0.25) is 0 Å². The molecule has 6 heteroatoms. The molecule has 0 saturated carbocycles. The Morgan fingerprint density at radius 2 is 1.33 bits per heavy atom. The van der Waals surface area contributed by atoms with Crippen LogP contribution >= 0.6 is 0 Å². The first kappa shape index (κ1) is 20.1. The van der Waals surface area contributed by atoms with Crippen molar-refractivity contribution in [3.05, 3.63) is 70.3 Å². The number of carbonyl (C=O) groups excluding carboxylic acids is 4. The Morgan fingerprint density at radius 3 is 1.91 bits per heavy atom. The molecular formula is C27H24N2O4. The number of benzene rings is 2. The zero-order valence-corrected chi connectivity index (χ0v) is 18.5. The molecule has 0 radical (unpaired) electrons. The third kappa shape index (κ3) is 2.93. The average molecular weight is 440 g/mol. The molecule has 6 rings (SSSR count). The maximum absolute atomic E-state index is 13.4. The molecule has 2 heterocycles. The summed E-state index contributed by atoms with van der Waals surface area (Å²) in [6.45, 7) is 2.75. The number of ketones is 2. The third-order valence-corrected chi connectivity index (χ3v) is 7.60. The van der Waals surface area contributed by atoms with E-state index in [0.717, 1.165) is 46.5 Å². The number of nitrogens with zero attached hydrogens (tertiary/aromatic N) is 2. The Kier molecular flexibility index (Phi) is 4.41. The molecule has 0 fully saturated rings. The van der Waals surface area contributed by atoms with Crippen molar-refractivity contribution in [2.75, 3.05) is 22.9 Å². The number of Topliss-reactive ketones (excluding diaryl/α,β-unsaturated/α-hetero) is 2. The van der Waals surface area contributed by atoms with Gasteiger partial charge in [-0.05, 0) is 43.0 Å². The first-order valence-electron chi connectivity index (χ1n) is 11.6. The second-order valence-corrected chi connectivity index (χ2v) is 9.49. The summed E-state index contributed by atoms with van der Waals surface area (Å²) in [5, 5.41) is 0. The van der Waals surface area contributed by atoms with E-state index in [1.165, 1.54) is 6.08 Å². The van der Waals surface area contributed by atoms with Gasteiger partial charge in [-0.1, -0.05) is 24.3 Å². The number of carbonyl (C=O) groups is 4. The number of anilines is 2. The van der Waals surface area contributed by atoms with E-state index in [9.17, 15) is 19.2 Å². The largest absolute Gasteiger partial charge is 0.308 e. The fraction of sp³-hybridized carbons (Fsp3) is 0.333. The molecule has 0 N–H and O–H groups in total. The summed E-state index contributed by atoms with van der Waals surface area (Å²) in [5.41, 5.74) is 5.36. The van der Waals surface area contributed by atoms with E-state index < -0.39 is 0 Å². The molecule has 2 aliphatic carbocycles. The summed E-state index contributed by atoms with van der Waals surface area (Å²) < 4.78 is 0. The normalized spacial score (nSPS) is 23.0. The molecule has 0 aromatic heterocycles. The van der Waals surface area contributed by atoms with Gasteiger partial charge in [0.25, 0.3) is 11.8 Å². The molecule has 0 bridgehead atoms. The Bertz CT molecular complexity index is 1290. The van der Waals surface area contributed by atoms with Crippen LogP contribution in [-0.4, -0.2) is 36.5 Å². The fourth-order valence-corrected chi connectivity index (χ4v) is 6.03. The van der Waals surface area contributed by atoms with Crippen molar-refractivity contribution in [1.29, 1.82) is 0 Å². The maximum Gasteiger partial charge on any atom is 0.254 e. The molecule has 33 heavy (non-hydrogen) atoms. The molecule has 0 saturated heterocycles. The van der Waals surface area contributed by atoms with Crippen molar-refractivity contribution >= 4 is 34.8 Å². The van der Waals surface area contributed by atoms with E-state index in [4.69, 9.17) is 0 Å². The highest BCUT2D eigenvalue weighted by molar-refractivity contribution is 6.14. The minimum atomic E-state index is -0.236. The van der Waals surface area contributed by atoms with Crippen molar-refractivity contribution in [3.63, 3.8) is 0 Å². The lowest BCUT2D eigenvalue weighted by Crippen LogP contribution is -2.33. The van der Waals surface area contributed by atoms with E-state index >= 15 is 0 Å². The Balaban J connectivity index is 1.28. The Labute approximate surface area is 191 Å². The van der Waals surface area contributed by atoms with Gasteiger partial charge in [0, 0.05) is 71.9 Å². The Hall–Kier alpha value is -3.54. The molecule has 2 unspecified atom stereocenters. The molecule has 2 aromatic rings. The zero-order chi connectivity index (χ0) is 22.9. The molecular weight excluding hydrogens is 416 g/mol. The predicted octanol–water partition coefficient (Wildman–Crippen LogP) is 4.15. The average Bonchev–Trinajstić information content (AvgIpc) is 3.39. The van der Waals surface area contributed by atoms with Crippen LogP contribution in [0.1, 0.15) is 76.3 Å². The summed E-state index contributed by atoms with van der Waals surface area (Å²) in [6.07, 6.45) is 3.94. The SMILES string of the molecule is C/C(=C\C(=O)N1CC2CCC(=O)c3cccc1c32)C(=O)N1CC2CCC(=O)c3cccc1c32. The minimum Gasteiger partial charge on any atom is -0.308 e. The number of rotatable bonds is 2. The molecule has 6 nitrogen and oxygen atoms in total. The molecule has 2 amide bonds. The molecule has 0 spiro atoms. The van der Waals surface area contributed by atoms with Gasteiger partial charge < -0.3 is 9.80 Å².